The second kappa shape index (κ2) is 14.7. The lowest BCUT2D eigenvalue weighted by molar-refractivity contribution is -0.142. The summed E-state index contributed by atoms with van der Waals surface area (Å²) in [5, 5.41) is 4.05. The van der Waals surface area contributed by atoms with E-state index in [1.165, 1.54) is 7.11 Å². The molecular formula is C34H39N3O3S. The van der Waals surface area contributed by atoms with Gasteiger partial charge in [-0.15, -0.1) is 0 Å². The van der Waals surface area contributed by atoms with Crippen LogP contribution in [0.3, 0.4) is 0 Å². The van der Waals surface area contributed by atoms with Gasteiger partial charge in [0.2, 0.25) is 0 Å². The highest BCUT2D eigenvalue weighted by Crippen LogP contribution is 2.30. The van der Waals surface area contributed by atoms with E-state index < -0.39 is 12.0 Å². The molecule has 214 valence electrons. The number of aryl methyl sites for hydroxylation is 1. The van der Waals surface area contributed by atoms with Crippen LogP contribution >= 0.6 is 11.8 Å². The first-order valence-corrected chi connectivity index (χ1v) is 15.5. The van der Waals surface area contributed by atoms with Crippen molar-refractivity contribution in [1.29, 1.82) is 0 Å². The van der Waals surface area contributed by atoms with Gasteiger partial charge >= 0.3 is 5.97 Å². The SMILES string of the molecule is CCCCN(Cc1ccc(C(=O)NC(CCSC)C(=O)OC)c(-c2ccccc2C)c1)c1ccc2ccccc2n1. The van der Waals surface area contributed by atoms with E-state index in [2.05, 4.69) is 41.4 Å². The predicted octanol–water partition coefficient (Wildman–Crippen LogP) is 7.04. The van der Waals surface area contributed by atoms with Crippen LogP contribution in [0.2, 0.25) is 0 Å². The van der Waals surface area contributed by atoms with Crippen molar-refractivity contribution in [1.82, 2.24) is 10.3 Å². The molecule has 6 nitrogen and oxygen atoms in total. The van der Waals surface area contributed by atoms with Gasteiger partial charge in [0.1, 0.15) is 11.9 Å². The van der Waals surface area contributed by atoms with Crippen LogP contribution in [0.1, 0.15) is 47.7 Å². The van der Waals surface area contributed by atoms with Gasteiger partial charge in [-0.25, -0.2) is 9.78 Å². The number of para-hydroxylation sites is 1. The van der Waals surface area contributed by atoms with Crippen LogP contribution in [-0.2, 0) is 16.1 Å². The van der Waals surface area contributed by atoms with E-state index in [4.69, 9.17) is 9.72 Å². The number of pyridine rings is 1. The summed E-state index contributed by atoms with van der Waals surface area (Å²) in [6.07, 6.45) is 4.60. The van der Waals surface area contributed by atoms with Crippen molar-refractivity contribution in [2.24, 2.45) is 0 Å². The summed E-state index contributed by atoms with van der Waals surface area (Å²) in [4.78, 5) is 33.3. The van der Waals surface area contributed by atoms with Crippen molar-refractivity contribution in [3.63, 3.8) is 0 Å². The Morgan fingerprint density at radius 3 is 2.54 bits per heavy atom. The average Bonchev–Trinajstić information content (AvgIpc) is 3.00. The van der Waals surface area contributed by atoms with Crippen molar-refractivity contribution in [2.75, 3.05) is 30.6 Å². The van der Waals surface area contributed by atoms with Crippen LogP contribution in [0.5, 0.6) is 0 Å². The second-order valence-corrected chi connectivity index (χ2v) is 11.1. The van der Waals surface area contributed by atoms with Gasteiger partial charge in [-0.1, -0.05) is 61.9 Å². The number of fused-ring (bicyclic) bond motifs is 1. The van der Waals surface area contributed by atoms with Gasteiger partial charge < -0.3 is 15.0 Å². The Hall–Kier alpha value is -3.84. The number of thioether (sulfide) groups is 1. The monoisotopic (exact) mass is 569 g/mol. The Bertz CT molecular complexity index is 1490. The zero-order valence-electron chi connectivity index (χ0n) is 24.4. The normalized spacial score (nSPS) is 11.7. The number of nitrogens with zero attached hydrogens (tertiary/aromatic N) is 2. The Kier molecular flexibility index (Phi) is 10.8. The number of hydrogen-bond donors (Lipinski definition) is 1. The molecule has 1 N–H and O–H groups in total. The number of unbranched alkanes of at least 4 members (excludes halogenated alkanes) is 1. The van der Waals surface area contributed by atoms with Gasteiger partial charge in [0, 0.05) is 24.0 Å². The first kappa shape index (κ1) is 30.1. The molecule has 0 aliphatic rings. The molecule has 41 heavy (non-hydrogen) atoms. The number of aromatic nitrogens is 1. The quantitative estimate of drug-likeness (QED) is 0.174. The van der Waals surface area contributed by atoms with E-state index in [0.29, 0.717) is 18.5 Å². The molecule has 7 heteroatoms. The molecule has 0 aliphatic carbocycles. The molecule has 0 aliphatic heterocycles. The van der Waals surface area contributed by atoms with E-state index in [-0.39, 0.29) is 5.91 Å². The fourth-order valence-electron chi connectivity index (χ4n) is 4.92. The van der Waals surface area contributed by atoms with E-state index in [9.17, 15) is 9.59 Å². The molecular weight excluding hydrogens is 530 g/mol. The van der Waals surface area contributed by atoms with Gasteiger partial charge in [-0.3, -0.25) is 4.79 Å². The molecule has 1 heterocycles. The third-order valence-corrected chi connectivity index (χ3v) is 7.87. The summed E-state index contributed by atoms with van der Waals surface area (Å²) >= 11 is 1.63. The predicted molar refractivity (Wildman–Crippen MR) is 171 cm³/mol. The maximum atomic E-state index is 13.6. The van der Waals surface area contributed by atoms with E-state index in [1.807, 2.05) is 67.8 Å². The summed E-state index contributed by atoms with van der Waals surface area (Å²) in [7, 11) is 1.35. The van der Waals surface area contributed by atoms with Crippen LogP contribution < -0.4 is 10.2 Å². The fourth-order valence-corrected chi connectivity index (χ4v) is 5.40. The maximum Gasteiger partial charge on any atom is 0.328 e. The molecule has 1 aromatic heterocycles. The van der Waals surface area contributed by atoms with Gasteiger partial charge in [-0.05, 0) is 84.4 Å². The Balaban J connectivity index is 1.70. The molecule has 1 unspecified atom stereocenters. The molecule has 0 radical (unpaired) electrons. The second-order valence-electron chi connectivity index (χ2n) is 10.2. The van der Waals surface area contributed by atoms with Gasteiger partial charge in [0.15, 0.2) is 0 Å². The zero-order chi connectivity index (χ0) is 29.2. The molecule has 4 aromatic rings. The first-order valence-electron chi connectivity index (χ1n) is 14.1. The molecule has 0 fully saturated rings. The lowest BCUT2D eigenvalue weighted by Crippen LogP contribution is -2.42. The molecule has 0 saturated carbocycles. The number of rotatable bonds is 13. The summed E-state index contributed by atoms with van der Waals surface area (Å²) < 4.78 is 4.97. The minimum Gasteiger partial charge on any atom is -0.467 e. The summed E-state index contributed by atoms with van der Waals surface area (Å²) in [5.74, 6) is 0.951. The number of carbonyl (C=O) groups is 2. The maximum absolute atomic E-state index is 13.6. The Morgan fingerprint density at radius 1 is 1.00 bits per heavy atom. The highest BCUT2D eigenvalue weighted by atomic mass is 32.2. The molecule has 1 amide bonds. The summed E-state index contributed by atoms with van der Waals surface area (Å²) in [5.41, 5.74) is 5.49. The van der Waals surface area contributed by atoms with Crippen molar-refractivity contribution < 1.29 is 14.3 Å². The number of benzene rings is 3. The van der Waals surface area contributed by atoms with Gasteiger partial charge in [0.25, 0.3) is 5.91 Å². The van der Waals surface area contributed by atoms with E-state index in [1.54, 1.807) is 11.8 Å². The third-order valence-electron chi connectivity index (χ3n) is 7.23. The van der Waals surface area contributed by atoms with Gasteiger partial charge in [0.05, 0.1) is 12.6 Å². The molecule has 4 rings (SSSR count). The topological polar surface area (TPSA) is 71.5 Å². The molecule has 0 spiro atoms. The molecule has 0 saturated heterocycles. The van der Waals surface area contributed by atoms with Crippen molar-refractivity contribution in [2.45, 2.75) is 45.7 Å². The lowest BCUT2D eigenvalue weighted by atomic mass is 9.93. The van der Waals surface area contributed by atoms with E-state index >= 15 is 0 Å². The molecule has 3 aromatic carbocycles. The van der Waals surface area contributed by atoms with Gasteiger partial charge in [-0.2, -0.15) is 11.8 Å². The largest absolute Gasteiger partial charge is 0.467 e. The standard InChI is InChI=1S/C34H39N3O3S/c1-5-6-20-37(32-18-16-26-12-8-10-14-30(26)35-32)23-25-15-17-28(29(22-25)27-13-9-7-11-24(27)2)33(38)36-31(19-21-41-4)34(39)40-3/h7-18,22,31H,5-6,19-21,23H2,1-4H3,(H,36,38). The third kappa shape index (κ3) is 7.67. The highest BCUT2D eigenvalue weighted by Gasteiger charge is 2.24. The van der Waals surface area contributed by atoms with Crippen LogP contribution in [-0.4, -0.2) is 48.6 Å². The van der Waals surface area contributed by atoms with Crippen LogP contribution in [0.25, 0.3) is 22.0 Å². The fraction of sp³-hybridized carbons (Fsp3) is 0.324. The van der Waals surface area contributed by atoms with E-state index in [0.717, 1.165) is 64.1 Å². The smallest absolute Gasteiger partial charge is 0.328 e. The number of nitrogens with one attached hydrogen (secondary N) is 1. The van der Waals surface area contributed by atoms with Crippen molar-refractivity contribution in [3.8, 4) is 11.1 Å². The first-order chi connectivity index (χ1) is 19.9. The molecule has 0 bridgehead atoms. The Labute approximate surface area is 247 Å². The zero-order valence-corrected chi connectivity index (χ0v) is 25.2. The van der Waals surface area contributed by atoms with Crippen molar-refractivity contribution >= 4 is 40.4 Å². The summed E-state index contributed by atoms with van der Waals surface area (Å²) in [6, 6.07) is 25.7. The number of esters is 1. The number of methoxy groups -OCH3 is 1. The Morgan fingerprint density at radius 2 is 1.78 bits per heavy atom. The average molecular weight is 570 g/mol. The van der Waals surface area contributed by atoms with Crippen molar-refractivity contribution in [3.05, 3.63) is 95.6 Å². The number of ether oxygens (including phenoxy) is 1. The minimum absolute atomic E-state index is 0.287. The number of hydrogen-bond acceptors (Lipinski definition) is 6. The lowest BCUT2D eigenvalue weighted by Gasteiger charge is -2.25. The van der Waals surface area contributed by atoms with Crippen LogP contribution in [0.15, 0.2) is 78.9 Å². The summed E-state index contributed by atoms with van der Waals surface area (Å²) in [6.45, 7) is 5.77. The van der Waals surface area contributed by atoms with Crippen LogP contribution in [0.4, 0.5) is 5.82 Å². The number of carbonyl (C=O) groups excluding carboxylic acids is 2. The molecule has 1 atom stereocenters. The minimum atomic E-state index is -0.701. The van der Waals surface area contributed by atoms with Crippen LogP contribution in [0, 0.1) is 6.92 Å². The number of anilines is 1. The number of amides is 1. The highest BCUT2D eigenvalue weighted by molar-refractivity contribution is 7.98.